The quantitative estimate of drug-likeness (QED) is 0.813. The Balaban J connectivity index is 1.87. The molecule has 3 nitrogen and oxygen atoms in total. The Hall–Kier alpha value is -0.120. The maximum absolute atomic E-state index is 5.69. The number of nitrogens with zero attached hydrogens (tertiary/aromatic N) is 1. The summed E-state index contributed by atoms with van der Waals surface area (Å²) < 4.78 is 5.69. The van der Waals surface area contributed by atoms with Crippen molar-refractivity contribution in [3.8, 4) is 0 Å². The highest BCUT2D eigenvalue weighted by Crippen LogP contribution is 2.27. The van der Waals surface area contributed by atoms with Crippen LogP contribution in [-0.2, 0) is 4.74 Å². The fourth-order valence-electron chi connectivity index (χ4n) is 3.53. The summed E-state index contributed by atoms with van der Waals surface area (Å²) in [5.41, 5.74) is 0. The van der Waals surface area contributed by atoms with Crippen molar-refractivity contribution in [1.29, 1.82) is 0 Å². The van der Waals surface area contributed by atoms with Gasteiger partial charge in [-0.2, -0.15) is 0 Å². The van der Waals surface area contributed by atoms with E-state index in [1.165, 1.54) is 32.1 Å². The van der Waals surface area contributed by atoms with Gasteiger partial charge in [0.2, 0.25) is 0 Å². The Morgan fingerprint density at radius 2 is 2.12 bits per heavy atom. The van der Waals surface area contributed by atoms with Crippen molar-refractivity contribution < 1.29 is 4.74 Å². The molecule has 1 aliphatic carbocycles. The second kappa shape index (κ2) is 6.17. The zero-order valence-electron chi connectivity index (χ0n) is 11.6. The van der Waals surface area contributed by atoms with Gasteiger partial charge >= 0.3 is 0 Å². The summed E-state index contributed by atoms with van der Waals surface area (Å²) in [6, 6.07) is 2.13. The average molecular weight is 240 g/mol. The van der Waals surface area contributed by atoms with Crippen LogP contribution in [0.15, 0.2) is 0 Å². The minimum atomic E-state index is 0.416. The maximum Gasteiger partial charge on any atom is 0.0703 e. The first kappa shape index (κ1) is 13.3. The Morgan fingerprint density at radius 3 is 2.76 bits per heavy atom. The van der Waals surface area contributed by atoms with Gasteiger partial charge in [-0.1, -0.05) is 13.3 Å². The van der Waals surface area contributed by atoms with E-state index in [2.05, 4.69) is 31.1 Å². The molecule has 0 aromatic carbocycles. The lowest BCUT2D eigenvalue weighted by Gasteiger charge is -2.39. The van der Waals surface area contributed by atoms with Crippen LogP contribution in [0.4, 0.5) is 0 Å². The molecule has 4 atom stereocenters. The van der Waals surface area contributed by atoms with Crippen LogP contribution in [0.1, 0.15) is 46.0 Å². The summed E-state index contributed by atoms with van der Waals surface area (Å²) in [7, 11) is 2.30. The van der Waals surface area contributed by atoms with Crippen molar-refractivity contribution in [1.82, 2.24) is 10.2 Å². The zero-order chi connectivity index (χ0) is 12.3. The molecule has 0 radical (unpaired) electrons. The third kappa shape index (κ3) is 3.21. The standard InChI is InChI=1S/C14H28N2O/c1-4-15-12-6-5-7-13(10-12)16(3)14-8-9-17-11(14)2/h11-15H,4-10H2,1-3H3. The molecule has 3 heteroatoms. The SMILES string of the molecule is CCNC1CCCC(N(C)C2CCOC2C)C1. The summed E-state index contributed by atoms with van der Waals surface area (Å²) in [6.07, 6.45) is 7.03. The van der Waals surface area contributed by atoms with Gasteiger partial charge in [-0.25, -0.2) is 0 Å². The summed E-state index contributed by atoms with van der Waals surface area (Å²) >= 11 is 0. The Labute approximate surface area is 106 Å². The van der Waals surface area contributed by atoms with Gasteiger partial charge in [0.15, 0.2) is 0 Å². The summed E-state index contributed by atoms with van der Waals surface area (Å²) in [4.78, 5) is 2.60. The number of ether oxygens (including phenoxy) is 1. The van der Waals surface area contributed by atoms with E-state index >= 15 is 0 Å². The van der Waals surface area contributed by atoms with E-state index in [9.17, 15) is 0 Å². The number of hydrogen-bond donors (Lipinski definition) is 1. The lowest BCUT2D eigenvalue weighted by Crippen LogP contribution is -2.48. The smallest absolute Gasteiger partial charge is 0.0703 e. The second-order valence-corrected chi connectivity index (χ2v) is 5.67. The van der Waals surface area contributed by atoms with Gasteiger partial charge in [0.05, 0.1) is 6.10 Å². The Kier molecular flexibility index (Phi) is 4.83. The van der Waals surface area contributed by atoms with Crippen LogP contribution in [0.3, 0.4) is 0 Å². The topological polar surface area (TPSA) is 24.5 Å². The third-order valence-electron chi connectivity index (χ3n) is 4.57. The number of nitrogens with one attached hydrogen (secondary N) is 1. The molecule has 1 saturated heterocycles. The lowest BCUT2D eigenvalue weighted by atomic mass is 9.89. The van der Waals surface area contributed by atoms with Crippen LogP contribution in [0, 0.1) is 0 Å². The van der Waals surface area contributed by atoms with Crippen molar-refractivity contribution in [2.75, 3.05) is 20.2 Å². The molecular formula is C14H28N2O. The predicted molar refractivity (Wildman–Crippen MR) is 71.3 cm³/mol. The average Bonchev–Trinajstić information content (AvgIpc) is 2.75. The maximum atomic E-state index is 5.69. The molecule has 1 heterocycles. The normalized spacial score (nSPS) is 38.8. The summed E-state index contributed by atoms with van der Waals surface area (Å²) in [5, 5.41) is 3.61. The van der Waals surface area contributed by atoms with E-state index in [4.69, 9.17) is 4.74 Å². The lowest BCUT2D eigenvalue weighted by molar-refractivity contribution is 0.0545. The van der Waals surface area contributed by atoms with Crippen LogP contribution in [0.5, 0.6) is 0 Å². The molecule has 0 aromatic heterocycles. The molecule has 4 unspecified atom stereocenters. The number of hydrogen-bond acceptors (Lipinski definition) is 3. The fraction of sp³-hybridized carbons (Fsp3) is 1.00. The molecule has 0 bridgehead atoms. The molecule has 2 rings (SSSR count). The van der Waals surface area contributed by atoms with Crippen LogP contribution in [0.2, 0.25) is 0 Å². The van der Waals surface area contributed by atoms with E-state index in [-0.39, 0.29) is 0 Å². The van der Waals surface area contributed by atoms with E-state index < -0.39 is 0 Å². The van der Waals surface area contributed by atoms with Crippen LogP contribution >= 0.6 is 0 Å². The highest BCUT2D eigenvalue weighted by atomic mass is 16.5. The van der Waals surface area contributed by atoms with Crippen LogP contribution < -0.4 is 5.32 Å². The zero-order valence-corrected chi connectivity index (χ0v) is 11.6. The van der Waals surface area contributed by atoms with Crippen LogP contribution in [0.25, 0.3) is 0 Å². The molecule has 2 fully saturated rings. The van der Waals surface area contributed by atoms with E-state index in [1.807, 2.05) is 0 Å². The van der Waals surface area contributed by atoms with Crippen molar-refractivity contribution in [3.05, 3.63) is 0 Å². The number of likely N-dealkylation sites (N-methyl/N-ethyl adjacent to an activating group) is 1. The van der Waals surface area contributed by atoms with Gasteiger partial charge < -0.3 is 10.1 Å². The molecule has 17 heavy (non-hydrogen) atoms. The van der Waals surface area contributed by atoms with Crippen molar-refractivity contribution >= 4 is 0 Å². The molecule has 2 aliphatic rings. The minimum Gasteiger partial charge on any atom is -0.377 e. The van der Waals surface area contributed by atoms with Crippen molar-refractivity contribution in [3.63, 3.8) is 0 Å². The molecular weight excluding hydrogens is 212 g/mol. The highest BCUT2D eigenvalue weighted by molar-refractivity contribution is 4.89. The molecule has 1 aliphatic heterocycles. The molecule has 0 spiro atoms. The third-order valence-corrected chi connectivity index (χ3v) is 4.57. The molecule has 1 saturated carbocycles. The summed E-state index contributed by atoms with van der Waals surface area (Å²) in [5.74, 6) is 0. The van der Waals surface area contributed by atoms with Crippen molar-refractivity contribution in [2.45, 2.75) is 70.2 Å². The van der Waals surface area contributed by atoms with Gasteiger partial charge in [0.1, 0.15) is 0 Å². The number of rotatable bonds is 4. The fourth-order valence-corrected chi connectivity index (χ4v) is 3.53. The minimum absolute atomic E-state index is 0.416. The van der Waals surface area contributed by atoms with Gasteiger partial charge in [-0.05, 0) is 46.2 Å². The molecule has 1 N–H and O–H groups in total. The molecule has 100 valence electrons. The largest absolute Gasteiger partial charge is 0.377 e. The van der Waals surface area contributed by atoms with E-state index in [0.717, 1.165) is 25.2 Å². The molecule has 0 aromatic rings. The van der Waals surface area contributed by atoms with Gasteiger partial charge in [-0.3, -0.25) is 4.90 Å². The van der Waals surface area contributed by atoms with Crippen molar-refractivity contribution in [2.24, 2.45) is 0 Å². The predicted octanol–water partition coefficient (Wildman–Crippen LogP) is 2.02. The molecule has 0 amide bonds. The first-order chi connectivity index (χ1) is 8.22. The first-order valence-electron chi connectivity index (χ1n) is 7.29. The van der Waals surface area contributed by atoms with E-state index in [0.29, 0.717) is 12.1 Å². The van der Waals surface area contributed by atoms with Crippen LogP contribution in [-0.4, -0.2) is 49.3 Å². The van der Waals surface area contributed by atoms with Gasteiger partial charge in [-0.15, -0.1) is 0 Å². The highest BCUT2D eigenvalue weighted by Gasteiger charge is 2.33. The Morgan fingerprint density at radius 1 is 1.29 bits per heavy atom. The first-order valence-corrected chi connectivity index (χ1v) is 7.29. The monoisotopic (exact) mass is 240 g/mol. The Bertz CT molecular complexity index is 232. The van der Waals surface area contributed by atoms with E-state index in [1.54, 1.807) is 0 Å². The van der Waals surface area contributed by atoms with Gasteiger partial charge in [0.25, 0.3) is 0 Å². The second-order valence-electron chi connectivity index (χ2n) is 5.67. The van der Waals surface area contributed by atoms with Gasteiger partial charge in [0, 0.05) is 24.7 Å². The summed E-state index contributed by atoms with van der Waals surface area (Å²) in [6.45, 7) is 6.47.